The summed E-state index contributed by atoms with van der Waals surface area (Å²) in [6.07, 6.45) is 4.78. The lowest BCUT2D eigenvalue weighted by atomic mass is 10.2. The van der Waals surface area contributed by atoms with Crippen LogP contribution in [-0.2, 0) is 12.3 Å². The zero-order chi connectivity index (χ0) is 20.8. The van der Waals surface area contributed by atoms with E-state index in [0.717, 1.165) is 34.4 Å². The van der Waals surface area contributed by atoms with Crippen molar-refractivity contribution in [3.05, 3.63) is 52.6 Å². The van der Waals surface area contributed by atoms with Gasteiger partial charge in [0.25, 0.3) is 5.89 Å². The Balaban J connectivity index is 1.48. The molecule has 30 heavy (non-hydrogen) atoms. The quantitative estimate of drug-likeness (QED) is 0.197. The molecule has 9 heteroatoms. The van der Waals surface area contributed by atoms with Gasteiger partial charge < -0.3 is 9.09 Å². The molecular weight excluding hydrogens is 438 g/mol. The van der Waals surface area contributed by atoms with Crippen LogP contribution in [0.25, 0.3) is 22.2 Å². The number of nitrogens with zero attached hydrogens (tertiary/aromatic N) is 5. The summed E-state index contributed by atoms with van der Waals surface area (Å²) < 4.78 is 7.62. The molecule has 3 heterocycles. The smallest absolute Gasteiger partial charge is 0.258 e. The number of thiophene rings is 1. The van der Waals surface area contributed by atoms with Crippen molar-refractivity contribution in [3.63, 3.8) is 0 Å². The molecule has 3 aromatic heterocycles. The van der Waals surface area contributed by atoms with E-state index >= 15 is 0 Å². The van der Waals surface area contributed by atoms with Crippen LogP contribution in [-0.4, -0.2) is 24.9 Å². The molecule has 0 N–H and O–H groups in total. The van der Waals surface area contributed by atoms with E-state index < -0.39 is 0 Å². The number of hydrogen-bond donors (Lipinski definition) is 0. The number of thioether (sulfide) groups is 1. The SMILES string of the molecule is CCCCCCn1c(SCc2noc(-c3cccc(Cl)c3)n2)nnc1-c1cccs1. The maximum atomic E-state index is 6.06. The van der Waals surface area contributed by atoms with E-state index in [-0.39, 0.29) is 0 Å². The first-order valence-electron chi connectivity index (χ1n) is 9.93. The van der Waals surface area contributed by atoms with Gasteiger partial charge in [-0.3, -0.25) is 0 Å². The Morgan fingerprint density at radius 1 is 1.13 bits per heavy atom. The summed E-state index contributed by atoms with van der Waals surface area (Å²) in [6.45, 7) is 3.13. The van der Waals surface area contributed by atoms with E-state index in [1.165, 1.54) is 19.3 Å². The maximum Gasteiger partial charge on any atom is 0.258 e. The van der Waals surface area contributed by atoms with Gasteiger partial charge in [-0.25, -0.2) is 0 Å². The van der Waals surface area contributed by atoms with Crippen LogP contribution in [0.3, 0.4) is 0 Å². The molecule has 0 amide bonds. The first kappa shape index (κ1) is 21.1. The molecule has 0 aliphatic rings. The third-order valence-corrected chi connectivity index (χ3v) is 6.63. The second-order valence-electron chi connectivity index (χ2n) is 6.81. The van der Waals surface area contributed by atoms with Gasteiger partial charge >= 0.3 is 0 Å². The summed E-state index contributed by atoms with van der Waals surface area (Å²) in [5, 5.41) is 16.6. The summed E-state index contributed by atoms with van der Waals surface area (Å²) in [6, 6.07) is 11.5. The minimum atomic E-state index is 0.466. The van der Waals surface area contributed by atoms with Crippen LogP contribution in [0, 0.1) is 0 Å². The average Bonchev–Trinajstić information content (AvgIpc) is 3.50. The fraction of sp³-hybridized carbons (Fsp3) is 0.333. The second kappa shape index (κ2) is 10.2. The Morgan fingerprint density at radius 2 is 2.07 bits per heavy atom. The molecule has 0 spiro atoms. The lowest BCUT2D eigenvalue weighted by molar-refractivity contribution is 0.425. The highest BCUT2D eigenvalue weighted by Gasteiger charge is 2.17. The normalized spacial score (nSPS) is 11.3. The second-order valence-corrected chi connectivity index (χ2v) is 9.14. The van der Waals surface area contributed by atoms with E-state index in [2.05, 4.69) is 43.3 Å². The van der Waals surface area contributed by atoms with E-state index in [9.17, 15) is 0 Å². The highest BCUT2D eigenvalue weighted by atomic mass is 35.5. The van der Waals surface area contributed by atoms with Crippen molar-refractivity contribution in [1.82, 2.24) is 24.9 Å². The van der Waals surface area contributed by atoms with Crippen molar-refractivity contribution in [2.24, 2.45) is 0 Å². The number of hydrogen-bond acceptors (Lipinski definition) is 7. The molecule has 4 aromatic rings. The van der Waals surface area contributed by atoms with Gasteiger partial charge in [0.1, 0.15) is 0 Å². The number of unbranched alkanes of at least 4 members (excludes halogenated alkanes) is 3. The molecule has 0 unspecified atom stereocenters. The Bertz CT molecular complexity index is 1080. The Labute approximate surface area is 188 Å². The maximum absolute atomic E-state index is 6.06. The third-order valence-electron chi connectivity index (χ3n) is 4.56. The molecule has 0 saturated carbocycles. The van der Waals surface area contributed by atoms with E-state index in [1.807, 2.05) is 30.3 Å². The molecule has 0 radical (unpaired) electrons. The first-order chi connectivity index (χ1) is 14.7. The summed E-state index contributed by atoms with van der Waals surface area (Å²) in [4.78, 5) is 5.63. The number of aromatic nitrogens is 5. The first-order valence-corrected chi connectivity index (χ1v) is 12.2. The van der Waals surface area contributed by atoms with Gasteiger partial charge in [-0.15, -0.1) is 21.5 Å². The zero-order valence-corrected chi connectivity index (χ0v) is 19.0. The Morgan fingerprint density at radius 3 is 2.87 bits per heavy atom. The lowest BCUT2D eigenvalue weighted by Gasteiger charge is -2.08. The summed E-state index contributed by atoms with van der Waals surface area (Å²) in [7, 11) is 0. The predicted molar refractivity (Wildman–Crippen MR) is 122 cm³/mol. The largest absolute Gasteiger partial charge is 0.334 e. The monoisotopic (exact) mass is 459 g/mol. The molecule has 6 nitrogen and oxygen atoms in total. The standard InChI is InChI=1S/C21H22ClN5OS2/c1-2-3-4-5-11-27-19(17-10-7-12-29-17)24-25-21(27)30-14-18-23-20(28-26-18)15-8-6-9-16(22)13-15/h6-10,12-13H,2-5,11,14H2,1H3. The molecule has 4 rings (SSSR count). The molecule has 0 aliphatic carbocycles. The van der Waals surface area contributed by atoms with Crippen molar-refractivity contribution < 1.29 is 4.52 Å². The van der Waals surface area contributed by atoms with Crippen LogP contribution < -0.4 is 0 Å². The summed E-state index contributed by atoms with van der Waals surface area (Å²) >= 11 is 9.31. The molecule has 0 fully saturated rings. The van der Waals surface area contributed by atoms with Gasteiger partial charge in [0, 0.05) is 17.1 Å². The minimum absolute atomic E-state index is 0.466. The van der Waals surface area contributed by atoms with Crippen LogP contribution in [0.5, 0.6) is 0 Å². The van der Waals surface area contributed by atoms with Crippen molar-refractivity contribution in [2.75, 3.05) is 0 Å². The van der Waals surface area contributed by atoms with Crippen molar-refractivity contribution in [2.45, 2.75) is 50.1 Å². The van der Waals surface area contributed by atoms with Crippen molar-refractivity contribution >= 4 is 34.7 Å². The van der Waals surface area contributed by atoms with Crippen LogP contribution in [0.1, 0.15) is 38.4 Å². The molecule has 1 aromatic carbocycles. The van der Waals surface area contributed by atoms with Gasteiger partial charge in [0.05, 0.1) is 10.6 Å². The van der Waals surface area contributed by atoms with Gasteiger partial charge in [0.15, 0.2) is 16.8 Å². The van der Waals surface area contributed by atoms with Gasteiger partial charge in [-0.05, 0) is 36.1 Å². The van der Waals surface area contributed by atoms with Gasteiger partial charge in [-0.1, -0.05) is 66.8 Å². The zero-order valence-electron chi connectivity index (χ0n) is 16.6. The van der Waals surface area contributed by atoms with Gasteiger partial charge in [-0.2, -0.15) is 4.98 Å². The summed E-state index contributed by atoms with van der Waals surface area (Å²) in [5.74, 6) is 2.57. The molecule has 0 saturated heterocycles. The lowest BCUT2D eigenvalue weighted by Crippen LogP contribution is -2.02. The summed E-state index contributed by atoms with van der Waals surface area (Å²) in [5.41, 5.74) is 0.810. The predicted octanol–water partition coefficient (Wildman–Crippen LogP) is 6.58. The van der Waals surface area contributed by atoms with Crippen molar-refractivity contribution in [1.29, 1.82) is 0 Å². The fourth-order valence-corrected chi connectivity index (χ4v) is 4.78. The average molecular weight is 460 g/mol. The van der Waals surface area contributed by atoms with Crippen LogP contribution in [0.2, 0.25) is 5.02 Å². The van der Waals surface area contributed by atoms with Crippen LogP contribution in [0.4, 0.5) is 0 Å². The minimum Gasteiger partial charge on any atom is -0.334 e. The van der Waals surface area contributed by atoms with E-state index in [4.69, 9.17) is 16.1 Å². The molecule has 156 valence electrons. The Hall–Kier alpha value is -2.16. The molecule has 0 bridgehead atoms. The van der Waals surface area contributed by atoms with Gasteiger partial charge in [0.2, 0.25) is 0 Å². The van der Waals surface area contributed by atoms with Crippen molar-refractivity contribution in [3.8, 4) is 22.2 Å². The number of benzene rings is 1. The molecule has 0 aliphatic heterocycles. The van der Waals surface area contributed by atoms with Crippen LogP contribution in [0.15, 0.2) is 51.5 Å². The number of halogens is 1. The van der Waals surface area contributed by atoms with E-state index in [1.54, 1.807) is 23.1 Å². The van der Waals surface area contributed by atoms with Crippen LogP contribution >= 0.6 is 34.7 Å². The highest BCUT2D eigenvalue weighted by Crippen LogP contribution is 2.29. The topological polar surface area (TPSA) is 69.6 Å². The number of rotatable bonds is 10. The molecule has 0 atom stereocenters. The highest BCUT2D eigenvalue weighted by molar-refractivity contribution is 7.98. The molecular formula is C21H22ClN5OS2. The van der Waals surface area contributed by atoms with E-state index in [0.29, 0.717) is 22.5 Å². The fourth-order valence-electron chi connectivity index (χ4n) is 3.06. The third kappa shape index (κ3) is 5.11. The Kier molecular flexibility index (Phi) is 7.20.